The molecule has 1 rings (SSSR count). The fourth-order valence-corrected chi connectivity index (χ4v) is 1.07. The summed E-state index contributed by atoms with van der Waals surface area (Å²) in [6.45, 7) is 1.38. The predicted octanol–water partition coefficient (Wildman–Crippen LogP) is 0.361. The lowest BCUT2D eigenvalue weighted by molar-refractivity contribution is 0.109. The van der Waals surface area contributed by atoms with Gasteiger partial charge in [0.15, 0.2) is 0 Å². The molecule has 1 aromatic rings. The zero-order valence-corrected chi connectivity index (χ0v) is 8.52. The molecule has 0 bridgehead atoms. The van der Waals surface area contributed by atoms with Gasteiger partial charge in [-0.2, -0.15) is 5.26 Å². The Labute approximate surface area is 89.4 Å². The average Bonchev–Trinajstić information content (AvgIpc) is 2.29. The molecule has 1 aromatic carbocycles. The van der Waals surface area contributed by atoms with Crippen molar-refractivity contribution in [1.82, 2.24) is 0 Å². The van der Waals surface area contributed by atoms with E-state index in [1.165, 1.54) is 0 Å². The highest BCUT2D eigenvalue weighted by molar-refractivity contribution is 5.31. The molecule has 0 unspecified atom stereocenters. The third kappa shape index (κ3) is 4.09. The summed E-state index contributed by atoms with van der Waals surface area (Å²) < 4.78 is 5.36. The number of rotatable bonds is 5. The summed E-state index contributed by atoms with van der Waals surface area (Å²) in [5, 5.41) is 8.60. The molecular formula is C11H15N3O. The topological polar surface area (TPSA) is 85.1 Å². The second-order valence-corrected chi connectivity index (χ2v) is 3.32. The minimum absolute atomic E-state index is 0.108. The lowest BCUT2D eigenvalue weighted by atomic mass is 10.2. The van der Waals surface area contributed by atoms with Gasteiger partial charge in [-0.25, -0.2) is 0 Å². The van der Waals surface area contributed by atoms with Gasteiger partial charge < -0.3 is 16.2 Å². The Bertz CT molecular complexity index is 329. The molecule has 0 aliphatic heterocycles. The third-order valence-electron chi connectivity index (χ3n) is 1.99. The van der Waals surface area contributed by atoms with Crippen LogP contribution in [0.4, 0.5) is 0 Å². The Kier molecular flexibility index (Phi) is 4.78. The van der Waals surface area contributed by atoms with Gasteiger partial charge in [-0.15, -0.1) is 0 Å². The Morgan fingerprint density at radius 2 is 2.00 bits per heavy atom. The van der Waals surface area contributed by atoms with Gasteiger partial charge in [0.2, 0.25) is 0 Å². The van der Waals surface area contributed by atoms with Crippen molar-refractivity contribution in [2.45, 2.75) is 12.6 Å². The van der Waals surface area contributed by atoms with E-state index in [-0.39, 0.29) is 6.04 Å². The van der Waals surface area contributed by atoms with Crippen LogP contribution < -0.4 is 11.5 Å². The van der Waals surface area contributed by atoms with Crippen molar-refractivity contribution >= 4 is 0 Å². The van der Waals surface area contributed by atoms with Gasteiger partial charge in [-0.05, 0) is 17.7 Å². The second kappa shape index (κ2) is 6.14. The van der Waals surface area contributed by atoms with E-state index >= 15 is 0 Å². The van der Waals surface area contributed by atoms with Crippen molar-refractivity contribution in [2.75, 3.05) is 13.2 Å². The highest BCUT2D eigenvalue weighted by atomic mass is 16.5. The quantitative estimate of drug-likeness (QED) is 0.726. The average molecular weight is 205 g/mol. The van der Waals surface area contributed by atoms with Gasteiger partial charge in [0.1, 0.15) is 0 Å². The van der Waals surface area contributed by atoms with Gasteiger partial charge >= 0.3 is 0 Å². The van der Waals surface area contributed by atoms with Crippen LogP contribution >= 0.6 is 0 Å². The molecule has 15 heavy (non-hydrogen) atoms. The molecule has 1 atom stereocenters. The molecule has 0 fully saturated rings. The lowest BCUT2D eigenvalue weighted by Crippen LogP contribution is -2.34. The van der Waals surface area contributed by atoms with E-state index in [2.05, 4.69) is 6.07 Å². The highest BCUT2D eigenvalue weighted by Gasteiger charge is 1.99. The van der Waals surface area contributed by atoms with Crippen LogP contribution in [0, 0.1) is 11.3 Å². The van der Waals surface area contributed by atoms with Crippen LogP contribution in [0.1, 0.15) is 11.1 Å². The maximum atomic E-state index is 8.60. The Morgan fingerprint density at radius 1 is 1.33 bits per heavy atom. The summed E-state index contributed by atoms with van der Waals surface area (Å²) in [6.07, 6.45) is 0. The molecule has 0 aromatic heterocycles. The van der Waals surface area contributed by atoms with Crippen molar-refractivity contribution in [3.8, 4) is 6.07 Å². The van der Waals surface area contributed by atoms with Crippen molar-refractivity contribution in [2.24, 2.45) is 11.5 Å². The molecule has 0 spiro atoms. The number of hydrogen-bond acceptors (Lipinski definition) is 4. The van der Waals surface area contributed by atoms with Crippen LogP contribution in [0.3, 0.4) is 0 Å². The Morgan fingerprint density at radius 3 is 2.53 bits per heavy atom. The predicted molar refractivity (Wildman–Crippen MR) is 57.8 cm³/mol. The van der Waals surface area contributed by atoms with Crippen LogP contribution in [-0.4, -0.2) is 19.2 Å². The summed E-state index contributed by atoms with van der Waals surface area (Å²) in [5.74, 6) is 0. The smallest absolute Gasteiger partial charge is 0.0991 e. The summed E-state index contributed by atoms with van der Waals surface area (Å²) in [7, 11) is 0. The third-order valence-corrected chi connectivity index (χ3v) is 1.99. The fourth-order valence-electron chi connectivity index (χ4n) is 1.07. The summed E-state index contributed by atoms with van der Waals surface area (Å²) in [5.41, 5.74) is 12.6. The molecule has 0 aliphatic carbocycles. The Balaban J connectivity index is 2.35. The summed E-state index contributed by atoms with van der Waals surface area (Å²) in [4.78, 5) is 0. The maximum absolute atomic E-state index is 8.60. The highest BCUT2D eigenvalue weighted by Crippen LogP contribution is 2.04. The summed E-state index contributed by atoms with van der Waals surface area (Å²) in [6, 6.07) is 9.22. The zero-order valence-electron chi connectivity index (χ0n) is 8.52. The first-order chi connectivity index (χ1) is 7.26. The second-order valence-electron chi connectivity index (χ2n) is 3.32. The van der Waals surface area contributed by atoms with E-state index in [1.54, 1.807) is 12.1 Å². The molecule has 0 saturated carbocycles. The van der Waals surface area contributed by atoms with Gasteiger partial charge in [0.05, 0.1) is 24.8 Å². The monoisotopic (exact) mass is 205 g/mol. The molecule has 0 heterocycles. The van der Waals surface area contributed by atoms with Crippen molar-refractivity contribution in [3.05, 3.63) is 35.4 Å². The minimum atomic E-state index is -0.108. The van der Waals surface area contributed by atoms with Gasteiger partial charge in [0.25, 0.3) is 0 Å². The first kappa shape index (κ1) is 11.7. The van der Waals surface area contributed by atoms with E-state index in [4.69, 9.17) is 21.5 Å². The number of nitriles is 1. The van der Waals surface area contributed by atoms with Gasteiger partial charge in [0, 0.05) is 12.6 Å². The number of nitrogens with two attached hydrogens (primary N) is 2. The van der Waals surface area contributed by atoms with Crippen LogP contribution in [0.2, 0.25) is 0 Å². The first-order valence-electron chi connectivity index (χ1n) is 4.78. The number of hydrogen-bond donors (Lipinski definition) is 2. The van der Waals surface area contributed by atoms with Crippen LogP contribution in [0.15, 0.2) is 24.3 Å². The fraction of sp³-hybridized carbons (Fsp3) is 0.364. The van der Waals surface area contributed by atoms with Crippen LogP contribution in [0.5, 0.6) is 0 Å². The standard InChI is InChI=1S/C11H15N3O/c12-5-9-1-3-10(4-2-9)7-15-8-11(14)6-13/h1-4,11H,6-8,13-14H2/t11-/m0/s1. The molecule has 4 heteroatoms. The molecule has 0 saturated heterocycles. The molecule has 0 radical (unpaired) electrons. The first-order valence-corrected chi connectivity index (χ1v) is 4.78. The molecular weight excluding hydrogens is 190 g/mol. The molecule has 80 valence electrons. The van der Waals surface area contributed by atoms with Crippen LogP contribution in [-0.2, 0) is 11.3 Å². The van der Waals surface area contributed by atoms with Crippen molar-refractivity contribution in [1.29, 1.82) is 5.26 Å². The molecule has 0 aliphatic rings. The largest absolute Gasteiger partial charge is 0.375 e. The molecule has 4 N–H and O–H groups in total. The van der Waals surface area contributed by atoms with E-state index in [1.807, 2.05) is 12.1 Å². The molecule has 0 amide bonds. The van der Waals surface area contributed by atoms with E-state index in [9.17, 15) is 0 Å². The summed E-state index contributed by atoms with van der Waals surface area (Å²) >= 11 is 0. The van der Waals surface area contributed by atoms with E-state index in [0.29, 0.717) is 25.3 Å². The van der Waals surface area contributed by atoms with Crippen LogP contribution in [0.25, 0.3) is 0 Å². The van der Waals surface area contributed by atoms with Gasteiger partial charge in [-0.3, -0.25) is 0 Å². The van der Waals surface area contributed by atoms with Gasteiger partial charge in [-0.1, -0.05) is 12.1 Å². The maximum Gasteiger partial charge on any atom is 0.0991 e. The SMILES string of the molecule is N#Cc1ccc(COC[C@@H](N)CN)cc1. The lowest BCUT2D eigenvalue weighted by Gasteiger charge is -2.09. The number of nitrogens with zero attached hydrogens (tertiary/aromatic N) is 1. The zero-order chi connectivity index (χ0) is 11.1. The van der Waals surface area contributed by atoms with Crippen molar-refractivity contribution in [3.63, 3.8) is 0 Å². The molecule has 4 nitrogen and oxygen atoms in total. The number of ether oxygens (including phenoxy) is 1. The van der Waals surface area contributed by atoms with E-state index < -0.39 is 0 Å². The minimum Gasteiger partial charge on any atom is -0.375 e. The number of benzene rings is 1. The van der Waals surface area contributed by atoms with E-state index in [0.717, 1.165) is 5.56 Å². The Hall–Kier alpha value is -1.41. The van der Waals surface area contributed by atoms with Crippen molar-refractivity contribution < 1.29 is 4.74 Å². The normalized spacial score (nSPS) is 12.1.